The van der Waals surface area contributed by atoms with Gasteiger partial charge in [0.25, 0.3) is 0 Å². The van der Waals surface area contributed by atoms with Crippen LogP contribution in [-0.2, 0) is 9.47 Å². The number of hydrogen-bond acceptors (Lipinski definition) is 8. The molecule has 0 atom stereocenters. The van der Waals surface area contributed by atoms with Crippen LogP contribution in [0.25, 0.3) is 0 Å². The van der Waals surface area contributed by atoms with Gasteiger partial charge in [0.05, 0.1) is 18.9 Å². The summed E-state index contributed by atoms with van der Waals surface area (Å²) in [6.07, 6.45) is 0.817. The molecule has 8 nitrogen and oxygen atoms in total. The lowest BCUT2D eigenvalue weighted by Crippen LogP contribution is -2.29. The molecule has 0 radical (unpaired) electrons. The zero-order valence-corrected chi connectivity index (χ0v) is 16.6. The number of rotatable bonds is 10. The van der Waals surface area contributed by atoms with Gasteiger partial charge in [-0.05, 0) is 18.2 Å². The first-order valence-corrected chi connectivity index (χ1v) is 9.22. The van der Waals surface area contributed by atoms with E-state index in [2.05, 4.69) is 4.99 Å². The number of nitrogens with zero attached hydrogens (tertiary/aromatic N) is 2. The monoisotopic (exact) mass is 399 g/mol. The predicted molar refractivity (Wildman–Crippen MR) is 111 cm³/mol. The fourth-order valence-electron chi connectivity index (χ4n) is 2.97. The first-order chi connectivity index (χ1) is 14.2. The fraction of sp³-hybridized carbons (Fsp3) is 0.333. The molecule has 29 heavy (non-hydrogen) atoms. The van der Waals surface area contributed by atoms with Gasteiger partial charge in [-0.25, -0.2) is 4.99 Å². The van der Waals surface area contributed by atoms with E-state index in [1.807, 2.05) is 35.2 Å². The van der Waals surface area contributed by atoms with E-state index < -0.39 is 0 Å². The molecule has 0 saturated carbocycles. The number of aliphatic imine (C=N–C) groups is 1. The molecule has 1 heterocycles. The third-order valence-corrected chi connectivity index (χ3v) is 4.42. The SMILES string of the molecule is COCCOc1cc2c(cc1OCCOC)N(c1cccc(C=O)c1)CN=C2N. The number of anilines is 2. The summed E-state index contributed by atoms with van der Waals surface area (Å²) in [6.45, 7) is 1.98. The van der Waals surface area contributed by atoms with Crippen LogP contribution >= 0.6 is 0 Å². The van der Waals surface area contributed by atoms with E-state index in [-0.39, 0.29) is 0 Å². The Balaban J connectivity index is 2.01. The summed E-state index contributed by atoms with van der Waals surface area (Å²) in [4.78, 5) is 17.6. The van der Waals surface area contributed by atoms with E-state index in [9.17, 15) is 4.79 Å². The van der Waals surface area contributed by atoms with Gasteiger partial charge in [0.2, 0.25) is 0 Å². The smallest absolute Gasteiger partial charge is 0.163 e. The fourth-order valence-corrected chi connectivity index (χ4v) is 2.97. The van der Waals surface area contributed by atoms with Gasteiger partial charge in [-0.2, -0.15) is 0 Å². The predicted octanol–water partition coefficient (Wildman–Crippen LogP) is 2.36. The molecule has 2 aromatic rings. The normalized spacial score (nSPS) is 12.9. The molecule has 1 aliphatic rings. The molecule has 0 aliphatic carbocycles. The topological polar surface area (TPSA) is 95.6 Å². The van der Waals surface area contributed by atoms with Crippen LogP contribution in [0.15, 0.2) is 41.4 Å². The van der Waals surface area contributed by atoms with Crippen LogP contribution in [0, 0.1) is 0 Å². The first-order valence-electron chi connectivity index (χ1n) is 9.22. The Morgan fingerprint density at radius 1 is 1.03 bits per heavy atom. The van der Waals surface area contributed by atoms with E-state index >= 15 is 0 Å². The summed E-state index contributed by atoms with van der Waals surface area (Å²) in [7, 11) is 3.23. The van der Waals surface area contributed by atoms with Crippen molar-refractivity contribution in [1.82, 2.24) is 0 Å². The van der Waals surface area contributed by atoms with Gasteiger partial charge in [0, 0.05) is 37.1 Å². The minimum atomic E-state index is 0.336. The number of ether oxygens (including phenoxy) is 4. The van der Waals surface area contributed by atoms with Crippen molar-refractivity contribution in [3.05, 3.63) is 47.5 Å². The Hall–Kier alpha value is -3.10. The molecular formula is C21H25N3O5. The van der Waals surface area contributed by atoms with E-state index in [0.29, 0.717) is 56.0 Å². The summed E-state index contributed by atoms with van der Waals surface area (Å²) in [6, 6.07) is 11.0. The van der Waals surface area contributed by atoms with Gasteiger partial charge in [-0.3, -0.25) is 4.79 Å². The summed E-state index contributed by atoms with van der Waals surface area (Å²) in [5.41, 5.74) is 9.15. The molecule has 1 aliphatic heterocycles. The molecule has 0 saturated heterocycles. The van der Waals surface area contributed by atoms with Crippen LogP contribution in [-0.4, -0.2) is 59.4 Å². The Bertz CT molecular complexity index is 885. The van der Waals surface area contributed by atoms with Crippen molar-refractivity contribution in [3.8, 4) is 11.5 Å². The maximum absolute atomic E-state index is 11.2. The van der Waals surface area contributed by atoms with Crippen LogP contribution in [0.3, 0.4) is 0 Å². The number of fused-ring (bicyclic) bond motifs is 1. The maximum Gasteiger partial charge on any atom is 0.163 e. The molecule has 8 heteroatoms. The highest BCUT2D eigenvalue weighted by Gasteiger charge is 2.24. The average Bonchev–Trinajstić information content (AvgIpc) is 2.75. The average molecular weight is 399 g/mol. The van der Waals surface area contributed by atoms with Crippen molar-refractivity contribution in [2.45, 2.75) is 0 Å². The van der Waals surface area contributed by atoms with Crippen LogP contribution < -0.4 is 20.1 Å². The molecule has 0 unspecified atom stereocenters. The van der Waals surface area contributed by atoms with Crippen molar-refractivity contribution in [1.29, 1.82) is 0 Å². The van der Waals surface area contributed by atoms with Gasteiger partial charge in [0.15, 0.2) is 11.5 Å². The van der Waals surface area contributed by atoms with Crippen LogP contribution in [0.2, 0.25) is 0 Å². The molecule has 0 fully saturated rings. The Morgan fingerprint density at radius 2 is 1.72 bits per heavy atom. The Labute approximate surface area is 169 Å². The second-order valence-corrected chi connectivity index (χ2v) is 6.32. The number of benzene rings is 2. The Morgan fingerprint density at radius 3 is 2.38 bits per heavy atom. The minimum Gasteiger partial charge on any atom is -0.487 e. The van der Waals surface area contributed by atoms with Crippen LogP contribution in [0.4, 0.5) is 11.4 Å². The zero-order valence-electron chi connectivity index (χ0n) is 16.6. The Kier molecular flexibility index (Phi) is 7.04. The molecule has 0 spiro atoms. The largest absolute Gasteiger partial charge is 0.487 e. The van der Waals surface area contributed by atoms with E-state index in [4.69, 9.17) is 24.7 Å². The number of carbonyl (C=O) groups excluding carboxylic acids is 1. The van der Waals surface area contributed by atoms with Crippen molar-refractivity contribution < 1.29 is 23.7 Å². The third kappa shape index (κ3) is 4.85. The second kappa shape index (κ2) is 9.90. The number of nitrogens with two attached hydrogens (primary N) is 1. The molecule has 2 N–H and O–H groups in total. The van der Waals surface area contributed by atoms with Crippen LogP contribution in [0.5, 0.6) is 11.5 Å². The second-order valence-electron chi connectivity index (χ2n) is 6.32. The maximum atomic E-state index is 11.2. The minimum absolute atomic E-state index is 0.336. The summed E-state index contributed by atoms with van der Waals surface area (Å²) < 4.78 is 21.9. The van der Waals surface area contributed by atoms with Gasteiger partial charge in [0.1, 0.15) is 32.0 Å². The number of hydrogen-bond donors (Lipinski definition) is 1. The number of aldehydes is 1. The molecule has 0 amide bonds. The lowest BCUT2D eigenvalue weighted by Gasteiger charge is -2.30. The standard InChI is InChI=1S/C21H25N3O5/c1-26-6-8-28-19-11-17-18(12-20(19)29-9-7-27-2)24(14-23-21(17)22)16-5-3-4-15(10-16)13-25/h3-5,10-13H,6-9,14H2,1-2H3,(H2,22,23). The highest BCUT2D eigenvalue weighted by molar-refractivity contribution is 6.05. The summed E-state index contributed by atoms with van der Waals surface area (Å²) in [5, 5.41) is 0. The zero-order chi connectivity index (χ0) is 20.6. The van der Waals surface area contributed by atoms with Gasteiger partial charge >= 0.3 is 0 Å². The number of carbonyl (C=O) groups is 1. The highest BCUT2D eigenvalue weighted by atomic mass is 16.5. The van der Waals surface area contributed by atoms with Gasteiger partial charge in [-0.1, -0.05) is 12.1 Å². The van der Waals surface area contributed by atoms with Crippen LogP contribution in [0.1, 0.15) is 15.9 Å². The van der Waals surface area contributed by atoms with E-state index in [1.54, 1.807) is 20.3 Å². The highest BCUT2D eigenvalue weighted by Crippen LogP contribution is 2.40. The molecular weight excluding hydrogens is 374 g/mol. The quantitative estimate of drug-likeness (QED) is 0.484. The molecule has 3 rings (SSSR count). The number of methoxy groups -OCH3 is 2. The lowest BCUT2D eigenvalue weighted by molar-refractivity contribution is 0.112. The van der Waals surface area contributed by atoms with Crippen molar-refractivity contribution >= 4 is 23.5 Å². The first kappa shape index (κ1) is 20.6. The van der Waals surface area contributed by atoms with Gasteiger partial charge < -0.3 is 29.6 Å². The van der Waals surface area contributed by atoms with Crippen molar-refractivity contribution in [2.75, 3.05) is 52.2 Å². The van der Waals surface area contributed by atoms with Crippen molar-refractivity contribution in [2.24, 2.45) is 10.7 Å². The molecule has 0 aromatic heterocycles. The van der Waals surface area contributed by atoms with Gasteiger partial charge in [-0.15, -0.1) is 0 Å². The lowest BCUT2D eigenvalue weighted by atomic mass is 10.1. The number of amidine groups is 1. The van der Waals surface area contributed by atoms with E-state index in [1.165, 1.54) is 0 Å². The third-order valence-electron chi connectivity index (χ3n) is 4.42. The molecule has 2 aromatic carbocycles. The molecule has 154 valence electrons. The summed E-state index contributed by atoms with van der Waals surface area (Å²) >= 11 is 0. The molecule has 0 bridgehead atoms. The van der Waals surface area contributed by atoms with E-state index in [0.717, 1.165) is 23.2 Å². The van der Waals surface area contributed by atoms with Crippen molar-refractivity contribution in [3.63, 3.8) is 0 Å². The summed E-state index contributed by atoms with van der Waals surface area (Å²) in [5.74, 6) is 1.55.